The van der Waals surface area contributed by atoms with Crippen LogP contribution in [0.1, 0.15) is 0 Å². The lowest BCUT2D eigenvalue weighted by atomic mass is 10.2. The molecule has 25 heavy (non-hydrogen) atoms. The highest BCUT2D eigenvalue weighted by Gasteiger charge is 2.22. The summed E-state index contributed by atoms with van der Waals surface area (Å²) >= 11 is 5.93. The van der Waals surface area contributed by atoms with E-state index >= 15 is 0 Å². The average molecular weight is 362 g/mol. The zero-order valence-electron chi connectivity index (χ0n) is 14.0. The number of hydrogen-bond donors (Lipinski definition) is 0. The molecule has 1 aliphatic heterocycles. The smallest absolute Gasteiger partial charge is 0.260 e. The van der Waals surface area contributed by atoms with Gasteiger partial charge in [0, 0.05) is 38.1 Å². The van der Waals surface area contributed by atoms with E-state index in [-0.39, 0.29) is 17.7 Å². The molecule has 3 rings (SSSR count). The quantitative estimate of drug-likeness (QED) is 0.766. The van der Waals surface area contributed by atoms with Crippen molar-refractivity contribution in [1.82, 2.24) is 9.88 Å². The lowest BCUT2D eigenvalue weighted by Gasteiger charge is -2.36. The molecule has 1 aromatic heterocycles. The fourth-order valence-corrected chi connectivity index (χ4v) is 2.89. The van der Waals surface area contributed by atoms with E-state index in [1.54, 1.807) is 25.4 Å². The highest BCUT2D eigenvalue weighted by atomic mass is 35.5. The van der Waals surface area contributed by atoms with Crippen molar-refractivity contribution < 1.29 is 14.3 Å². The van der Waals surface area contributed by atoms with E-state index in [0.717, 1.165) is 24.5 Å². The molecule has 2 aromatic rings. The number of piperazine rings is 1. The van der Waals surface area contributed by atoms with E-state index in [2.05, 4.69) is 9.88 Å². The van der Waals surface area contributed by atoms with Crippen LogP contribution in [0, 0.1) is 0 Å². The summed E-state index contributed by atoms with van der Waals surface area (Å²) in [5.74, 6) is 1.22. The highest BCUT2D eigenvalue weighted by molar-refractivity contribution is 6.30. The Balaban J connectivity index is 1.49. The van der Waals surface area contributed by atoms with Crippen LogP contribution in [0.5, 0.6) is 11.5 Å². The monoisotopic (exact) mass is 361 g/mol. The summed E-state index contributed by atoms with van der Waals surface area (Å²) in [5.41, 5.74) is 1.13. The second-order valence-corrected chi connectivity index (χ2v) is 6.00. The topological polar surface area (TPSA) is 54.9 Å². The molecule has 132 valence electrons. The van der Waals surface area contributed by atoms with Crippen LogP contribution in [0.2, 0.25) is 5.15 Å². The molecule has 0 aliphatic carbocycles. The van der Waals surface area contributed by atoms with Crippen LogP contribution in [0.4, 0.5) is 5.69 Å². The van der Waals surface area contributed by atoms with Crippen molar-refractivity contribution in [3.63, 3.8) is 0 Å². The molecule has 0 saturated carbocycles. The third kappa shape index (κ3) is 4.33. The molecule has 1 amide bonds. The predicted octanol–water partition coefficient (Wildman–Crippen LogP) is 2.47. The second kappa shape index (κ2) is 8.07. The molecule has 1 saturated heterocycles. The summed E-state index contributed by atoms with van der Waals surface area (Å²) in [7, 11) is 1.65. The van der Waals surface area contributed by atoms with Gasteiger partial charge in [-0.2, -0.15) is 0 Å². The van der Waals surface area contributed by atoms with E-state index in [9.17, 15) is 4.79 Å². The minimum Gasteiger partial charge on any atom is -0.497 e. The highest BCUT2D eigenvalue weighted by Crippen LogP contribution is 2.22. The van der Waals surface area contributed by atoms with Gasteiger partial charge in [-0.15, -0.1) is 0 Å². The van der Waals surface area contributed by atoms with Crippen molar-refractivity contribution in [3.8, 4) is 11.5 Å². The molecule has 0 N–H and O–H groups in total. The maximum absolute atomic E-state index is 12.3. The Hall–Kier alpha value is -2.47. The first-order chi connectivity index (χ1) is 12.2. The fourth-order valence-electron chi connectivity index (χ4n) is 2.72. The zero-order valence-corrected chi connectivity index (χ0v) is 14.8. The SMILES string of the molecule is COc1ccc(N2CCN(C(=O)COc3cccnc3Cl)CC2)cc1. The summed E-state index contributed by atoms with van der Waals surface area (Å²) in [5, 5.41) is 0.264. The first-order valence-electron chi connectivity index (χ1n) is 8.07. The number of carbonyl (C=O) groups excluding carboxylic acids is 1. The number of benzene rings is 1. The first-order valence-corrected chi connectivity index (χ1v) is 8.45. The summed E-state index contributed by atoms with van der Waals surface area (Å²) in [6, 6.07) is 11.4. The van der Waals surface area contributed by atoms with Gasteiger partial charge in [-0.25, -0.2) is 4.98 Å². The van der Waals surface area contributed by atoms with Crippen molar-refractivity contribution in [2.45, 2.75) is 0 Å². The van der Waals surface area contributed by atoms with Crippen LogP contribution in [-0.2, 0) is 4.79 Å². The van der Waals surface area contributed by atoms with Gasteiger partial charge in [0.25, 0.3) is 5.91 Å². The van der Waals surface area contributed by atoms with Crippen LogP contribution in [0.15, 0.2) is 42.6 Å². The Kier molecular flexibility index (Phi) is 5.60. The Labute approximate surface area is 151 Å². The number of nitrogens with zero attached hydrogens (tertiary/aromatic N) is 3. The maximum atomic E-state index is 12.3. The summed E-state index contributed by atoms with van der Waals surface area (Å²) in [6.07, 6.45) is 1.58. The molecular weight excluding hydrogens is 342 g/mol. The van der Waals surface area contributed by atoms with Gasteiger partial charge in [0.1, 0.15) is 5.75 Å². The van der Waals surface area contributed by atoms with Gasteiger partial charge in [0.2, 0.25) is 0 Å². The van der Waals surface area contributed by atoms with Gasteiger partial charge < -0.3 is 19.3 Å². The number of hydrogen-bond acceptors (Lipinski definition) is 5. The van der Waals surface area contributed by atoms with Gasteiger partial charge in [-0.05, 0) is 36.4 Å². The van der Waals surface area contributed by atoms with Crippen molar-refractivity contribution in [3.05, 3.63) is 47.7 Å². The molecule has 2 heterocycles. The van der Waals surface area contributed by atoms with Crippen molar-refractivity contribution in [1.29, 1.82) is 0 Å². The number of aromatic nitrogens is 1. The second-order valence-electron chi connectivity index (χ2n) is 5.65. The normalized spacial score (nSPS) is 14.3. The third-order valence-corrected chi connectivity index (χ3v) is 4.43. The minimum atomic E-state index is -0.0469. The van der Waals surface area contributed by atoms with Gasteiger partial charge in [-0.3, -0.25) is 4.79 Å². The van der Waals surface area contributed by atoms with E-state index in [1.807, 2.05) is 29.2 Å². The van der Waals surface area contributed by atoms with E-state index in [4.69, 9.17) is 21.1 Å². The largest absolute Gasteiger partial charge is 0.497 e. The molecule has 0 unspecified atom stereocenters. The molecule has 0 atom stereocenters. The van der Waals surface area contributed by atoms with Crippen molar-refractivity contribution in [2.75, 3.05) is 44.8 Å². The van der Waals surface area contributed by atoms with Crippen LogP contribution >= 0.6 is 11.6 Å². The van der Waals surface area contributed by atoms with E-state index < -0.39 is 0 Å². The standard InChI is InChI=1S/C18H20ClN3O3/c1-24-15-6-4-14(5-7-15)21-9-11-22(12-10-21)17(23)13-25-16-3-2-8-20-18(16)19/h2-8H,9-13H2,1H3. The Morgan fingerprint density at radius 3 is 2.52 bits per heavy atom. The van der Waals surface area contributed by atoms with Crippen LogP contribution in [-0.4, -0.2) is 55.7 Å². The number of amides is 1. The van der Waals surface area contributed by atoms with Crippen LogP contribution < -0.4 is 14.4 Å². The third-order valence-electron chi connectivity index (χ3n) is 4.15. The Bertz CT molecular complexity index is 716. The first kappa shape index (κ1) is 17.4. The summed E-state index contributed by atoms with van der Waals surface area (Å²) in [4.78, 5) is 20.3. The average Bonchev–Trinajstić information content (AvgIpc) is 2.67. The van der Waals surface area contributed by atoms with Crippen LogP contribution in [0.25, 0.3) is 0 Å². The van der Waals surface area contributed by atoms with E-state index in [1.165, 1.54) is 0 Å². The Morgan fingerprint density at radius 1 is 1.16 bits per heavy atom. The van der Waals surface area contributed by atoms with Gasteiger partial charge in [-0.1, -0.05) is 11.6 Å². The number of pyridine rings is 1. The van der Waals surface area contributed by atoms with Gasteiger partial charge >= 0.3 is 0 Å². The number of anilines is 1. The van der Waals surface area contributed by atoms with E-state index in [0.29, 0.717) is 18.8 Å². The molecular formula is C18H20ClN3O3. The van der Waals surface area contributed by atoms with Crippen molar-refractivity contribution >= 4 is 23.2 Å². The molecule has 1 aliphatic rings. The molecule has 0 bridgehead atoms. The molecule has 1 aromatic carbocycles. The number of ether oxygens (including phenoxy) is 2. The van der Waals surface area contributed by atoms with Crippen LogP contribution in [0.3, 0.4) is 0 Å². The number of halogens is 1. The molecule has 7 heteroatoms. The fraction of sp³-hybridized carbons (Fsp3) is 0.333. The van der Waals surface area contributed by atoms with Gasteiger partial charge in [0.05, 0.1) is 7.11 Å². The minimum absolute atomic E-state index is 0.0338. The molecule has 0 radical (unpaired) electrons. The lowest BCUT2D eigenvalue weighted by molar-refractivity contribution is -0.133. The molecule has 1 fully saturated rings. The summed E-state index contributed by atoms with van der Waals surface area (Å²) in [6.45, 7) is 2.86. The Morgan fingerprint density at radius 2 is 1.88 bits per heavy atom. The summed E-state index contributed by atoms with van der Waals surface area (Å²) < 4.78 is 10.7. The molecule has 0 spiro atoms. The lowest BCUT2D eigenvalue weighted by Crippen LogP contribution is -2.50. The zero-order chi connectivity index (χ0) is 17.6. The predicted molar refractivity (Wildman–Crippen MR) is 96.5 cm³/mol. The maximum Gasteiger partial charge on any atom is 0.260 e. The van der Waals surface area contributed by atoms with Gasteiger partial charge in [0.15, 0.2) is 17.5 Å². The number of carbonyl (C=O) groups is 1. The number of methoxy groups -OCH3 is 1. The molecule has 6 nitrogen and oxygen atoms in total. The van der Waals surface area contributed by atoms with Crippen molar-refractivity contribution in [2.24, 2.45) is 0 Å². The number of rotatable bonds is 5.